The maximum atomic E-state index is 5.52. The molecule has 0 saturated carbocycles. The number of ether oxygens (including phenoxy) is 2. The second-order valence-corrected chi connectivity index (χ2v) is 5.56. The topological polar surface area (TPSA) is 46.6 Å². The molecule has 5 nitrogen and oxygen atoms in total. The second kappa shape index (κ2) is 7.73. The van der Waals surface area contributed by atoms with E-state index in [0.29, 0.717) is 0 Å². The Morgan fingerprint density at radius 1 is 1.24 bits per heavy atom. The molecule has 1 aliphatic rings. The number of rotatable bonds is 7. The van der Waals surface area contributed by atoms with Crippen LogP contribution in [0.4, 0.5) is 5.82 Å². The lowest BCUT2D eigenvalue weighted by atomic mass is 10.1. The number of hydrogen-bond acceptors (Lipinski definition) is 5. The van der Waals surface area contributed by atoms with E-state index < -0.39 is 0 Å². The normalized spacial score (nSPS) is 22.0. The van der Waals surface area contributed by atoms with E-state index in [4.69, 9.17) is 14.5 Å². The largest absolute Gasteiger partial charge is 0.377 e. The van der Waals surface area contributed by atoms with Crippen LogP contribution in [-0.4, -0.2) is 51.5 Å². The summed E-state index contributed by atoms with van der Waals surface area (Å²) in [7, 11) is 5.46. The Balaban J connectivity index is 2.21. The molecule has 1 aliphatic heterocycles. The summed E-state index contributed by atoms with van der Waals surface area (Å²) in [5, 5.41) is 3.22. The molecular formula is C16H27N3O2. The Hall–Kier alpha value is -1.17. The fraction of sp³-hybridized carbons (Fsp3) is 0.688. The van der Waals surface area contributed by atoms with Gasteiger partial charge in [0.1, 0.15) is 18.0 Å². The van der Waals surface area contributed by atoms with Gasteiger partial charge in [0.15, 0.2) is 0 Å². The molecule has 0 amide bonds. The van der Waals surface area contributed by atoms with Crippen molar-refractivity contribution < 1.29 is 9.47 Å². The third-order valence-corrected chi connectivity index (χ3v) is 3.96. The van der Waals surface area contributed by atoms with Crippen molar-refractivity contribution in [2.75, 3.05) is 39.3 Å². The van der Waals surface area contributed by atoms with Crippen LogP contribution in [0.2, 0.25) is 0 Å². The Labute approximate surface area is 127 Å². The highest BCUT2D eigenvalue weighted by Gasteiger charge is 2.33. The number of aryl methyl sites for hydroxylation is 1. The van der Waals surface area contributed by atoms with E-state index in [0.717, 1.165) is 44.0 Å². The second-order valence-electron chi connectivity index (χ2n) is 5.56. The molecule has 1 fully saturated rings. The quantitative estimate of drug-likeness (QED) is 0.827. The fourth-order valence-electron chi connectivity index (χ4n) is 2.87. The number of methoxy groups -OCH3 is 2. The molecule has 0 spiro atoms. The van der Waals surface area contributed by atoms with Gasteiger partial charge in [-0.25, -0.2) is 4.98 Å². The average molecular weight is 293 g/mol. The van der Waals surface area contributed by atoms with Crippen molar-refractivity contribution in [2.24, 2.45) is 0 Å². The smallest absolute Gasteiger partial charge is 0.129 e. The number of aromatic nitrogens is 1. The molecule has 0 aromatic carbocycles. The van der Waals surface area contributed by atoms with Crippen LogP contribution in [0.3, 0.4) is 0 Å². The van der Waals surface area contributed by atoms with Crippen LogP contribution in [-0.2, 0) is 22.4 Å². The summed E-state index contributed by atoms with van der Waals surface area (Å²) in [6.07, 6.45) is 2.34. The number of nitrogens with one attached hydrogen (secondary N) is 1. The molecule has 2 heterocycles. The molecule has 2 unspecified atom stereocenters. The molecule has 2 atom stereocenters. The molecule has 0 radical (unpaired) electrons. The molecule has 1 aromatic rings. The Morgan fingerprint density at radius 2 is 1.90 bits per heavy atom. The molecule has 118 valence electrons. The summed E-state index contributed by atoms with van der Waals surface area (Å²) in [4.78, 5) is 7.08. The fourth-order valence-corrected chi connectivity index (χ4v) is 2.87. The zero-order valence-corrected chi connectivity index (χ0v) is 13.6. The van der Waals surface area contributed by atoms with Crippen LogP contribution in [0.5, 0.6) is 0 Å². The van der Waals surface area contributed by atoms with E-state index in [-0.39, 0.29) is 12.2 Å². The summed E-state index contributed by atoms with van der Waals surface area (Å²) < 4.78 is 11.0. The van der Waals surface area contributed by atoms with Gasteiger partial charge in [0, 0.05) is 39.5 Å². The molecule has 2 rings (SSSR count). The minimum atomic E-state index is 0.111. The van der Waals surface area contributed by atoms with Gasteiger partial charge in [-0.15, -0.1) is 0 Å². The van der Waals surface area contributed by atoms with Crippen LogP contribution in [0.25, 0.3) is 0 Å². The van der Waals surface area contributed by atoms with Gasteiger partial charge in [-0.2, -0.15) is 0 Å². The molecule has 5 heteroatoms. The van der Waals surface area contributed by atoms with Gasteiger partial charge in [0.25, 0.3) is 0 Å². The maximum absolute atomic E-state index is 5.52. The van der Waals surface area contributed by atoms with Crippen molar-refractivity contribution in [3.05, 3.63) is 23.4 Å². The summed E-state index contributed by atoms with van der Waals surface area (Å²) in [6, 6.07) is 4.36. The summed E-state index contributed by atoms with van der Waals surface area (Å²) in [5.74, 6) is 1.04. The lowest BCUT2D eigenvalue weighted by Crippen LogP contribution is -2.27. The van der Waals surface area contributed by atoms with Gasteiger partial charge in [-0.3, -0.25) is 0 Å². The SMILES string of the molecule is CCCc1cc(CNC)cc(N2CC(OC)C(OC)C2)n1. The van der Waals surface area contributed by atoms with Crippen LogP contribution < -0.4 is 10.2 Å². The third kappa shape index (κ3) is 3.93. The van der Waals surface area contributed by atoms with Crippen LogP contribution in [0.15, 0.2) is 12.1 Å². The first-order valence-electron chi connectivity index (χ1n) is 7.66. The lowest BCUT2D eigenvalue weighted by Gasteiger charge is -2.19. The zero-order valence-electron chi connectivity index (χ0n) is 13.6. The van der Waals surface area contributed by atoms with Gasteiger partial charge in [-0.05, 0) is 31.2 Å². The third-order valence-electron chi connectivity index (χ3n) is 3.96. The van der Waals surface area contributed by atoms with E-state index in [9.17, 15) is 0 Å². The van der Waals surface area contributed by atoms with E-state index in [1.807, 2.05) is 7.05 Å². The van der Waals surface area contributed by atoms with Gasteiger partial charge in [0.2, 0.25) is 0 Å². The summed E-state index contributed by atoms with van der Waals surface area (Å²) in [5.41, 5.74) is 2.44. The number of hydrogen-bond donors (Lipinski definition) is 1. The molecule has 21 heavy (non-hydrogen) atoms. The van der Waals surface area contributed by atoms with E-state index >= 15 is 0 Å². The van der Waals surface area contributed by atoms with Crippen molar-refractivity contribution in [3.8, 4) is 0 Å². The van der Waals surface area contributed by atoms with Gasteiger partial charge in [-0.1, -0.05) is 13.3 Å². The molecule has 1 N–H and O–H groups in total. The van der Waals surface area contributed by atoms with Crippen molar-refractivity contribution in [1.82, 2.24) is 10.3 Å². The molecule has 0 aliphatic carbocycles. The van der Waals surface area contributed by atoms with E-state index in [1.165, 1.54) is 5.56 Å². The summed E-state index contributed by atoms with van der Waals surface area (Å²) in [6.45, 7) is 4.71. The van der Waals surface area contributed by atoms with Crippen molar-refractivity contribution >= 4 is 5.82 Å². The van der Waals surface area contributed by atoms with Crippen LogP contribution in [0, 0.1) is 0 Å². The first kappa shape index (κ1) is 16.2. The predicted molar refractivity (Wildman–Crippen MR) is 84.8 cm³/mol. The molecular weight excluding hydrogens is 266 g/mol. The van der Waals surface area contributed by atoms with Crippen molar-refractivity contribution in [3.63, 3.8) is 0 Å². The standard InChI is InChI=1S/C16H27N3O2/c1-5-6-13-7-12(9-17-2)8-16(18-13)19-10-14(20-3)15(11-19)21-4/h7-8,14-15,17H,5-6,9-11H2,1-4H3. The van der Waals surface area contributed by atoms with E-state index in [2.05, 4.69) is 29.3 Å². The predicted octanol–water partition coefficient (Wildman–Crippen LogP) is 1.60. The molecule has 0 bridgehead atoms. The number of anilines is 1. The highest BCUT2D eigenvalue weighted by Crippen LogP contribution is 2.23. The van der Waals surface area contributed by atoms with E-state index in [1.54, 1.807) is 14.2 Å². The van der Waals surface area contributed by atoms with Gasteiger partial charge >= 0.3 is 0 Å². The Kier molecular flexibility index (Phi) is 5.96. The lowest BCUT2D eigenvalue weighted by molar-refractivity contribution is -0.00461. The summed E-state index contributed by atoms with van der Waals surface area (Å²) >= 11 is 0. The van der Waals surface area contributed by atoms with Crippen LogP contribution >= 0.6 is 0 Å². The molecule has 1 aromatic heterocycles. The maximum Gasteiger partial charge on any atom is 0.129 e. The highest BCUT2D eigenvalue weighted by atomic mass is 16.5. The van der Waals surface area contributed by atoms with Gasteiger partial charge in [0.05, 0.1) is 0 Å². The number of pyridine rings is 1. The molecule has 1 saturated heterocycles. The zero-order chi connectivity index (χ0) is 15.2. The van der Waals surface area contributed by atoms with Gasteiger partial charge < -0.3 is 19.7 Å². The first-order chi connectivity index (χ1) is 10.2. The minimum absolute atomic E-state index is 0.111. The number of nitrogens with zero attached hydrogens (tertiary/aromatic N) is 2. The highest BCUT2D eigenvalue weighted by molar-refractivity contribution is 5.44. The average Bonchev–Trinajstić information content (AvgIpc) is 2.91. The minimum Gasteiger partial charge on any atom is -0.377 e. The van der Waals surface area contributed by atoms with Crippen molar-refractivity contribution in [2.45, 2.75) is 38.5 Å². The Morgan fingerprint density at radius 3 is 2.43 bits per heavy atom. The first-order valence-corrected chi connectivity index (χ1v) is 7.66. The Bertz CT molecular complexity index is 417. The van der Waals surface area contributed by atoms with Crippen LogP contribution in [0.1, 0.15) is 24.6 Å². The monoisotopic (exact) mass is 293 g/mol. The van der Waals surface area contributed by atoms with Crippen molar-refractivity contribution in [1.29, 1.82) is 0 Å².